The van der Waals surface area contributed by atoms with E-state index in [1.807, 2.05) is 31.2 Å². The first-order valence-electron chi connectivity index (χ1n) is 6.32. The van der Waals surface area contributed by atoms with E-state index in [2.05, 4.69) is 10.5 Å². The molecular formula is C13H18N4O3. The first kappa shape index (κ1) is 14.1. The highest BCUT2D eigenvalue weighted by atomic mass is 16.5. The van der Waals surface area contributed by atoms with Crippen LogP contribution in [0.3, 0.4) is 0 Å². The molecule has 2 rings (SSSR count). The number of hydrogen-bond acceptors (Lipinski definition) is 4. The lowest BCUT2D eigenvalue weighted by Crippen LogP contribution is -2.51. The van der Waals surface area contributed by atoms with Crippen LogP contribution in [0.4, 0.5) is 10.5 Å². The predicted octanol–water partition coefficient (Wildman–Crippen LogP) is 0.974. The van der Waals surface area contributed by atoms with Crippen LogP contribution in [0.5, 0.6) is 0 Å². The van der Waals surface area contributed by atoms with Crippen molar-refractivity contribution in [3.63, 3.8) is 0 Å². The number of aryl methyl sites for hydroxylation is 1. The molecule has 0 saturated carbocycles. The highest BCUT2D eigenvalue weighted by molar-refractivity contribution is 5.90. The van der Waals surface area contributed by atoms with Gasteiger partial charge in [0.1, 0.15) is 6.10 Å². The number of carbonyl (C=O) groups is 1. The molecule has 1 aliphatic heterocycles. The summed E-state index contributed by atoms with van der Waals surface area (Å²) in [6, 6.07) is 7.32. The minimum atomic E-state index is -0.572. The normalized spacial score (nSPS) is 19.8. The number of nitrogens with zero attached hydrogens (tertiary/aromatic N) is 2. The third-order valence-corrected chi connectivity index (χ3v) is 3.07. The molecule has 1 heterocycles. The van der Waals surface area contributed by atoms with Gasteiger partial charge in [0, 0.05) is 12.2 Å². The Morgan fingerprint density at radius 3 is 3.10 bits per heavy atom. The van der Waals surface area contributed by atoms with Gasteiger partial charge in [0.05, 0.1) is 13.2 Å². The molecule has 0 aliphatic carbocycles. The number of oxime groups is 1. The predicted molar refractivity (Wildman–Crippen MR) is 74.9 cm³/mol. The zero-order chi connectivity index (χ0) is 14.5. The van der Waals surface area contributed by atoms with Crippen LogP contribution in [0, 0.1) is 6.92 Å². The number of anilines is 1. The Morgan fingerprint density at radius 2 is 2.40 bits per heavy atom. The lowest BCUT2D eigenvalue weighted by Gasteiger charge is -2.32. The van der Waals surface area contributed by atoms with E-state index >= 15 is 0 Å². The van der Waals surface area contributed by atoms with E-state index in [0.717, 1.165) is 11.3 Å². The number of hydrogen-bond donors (Lipinski definition) is 3. The average molecular weight is 278 g/mol. The van der Waals surface area contributed by atoms with Gasteiger partial charge in [-0.1, -0.05) is 17.3 Å². The van der Waals surface area contributed by atoms with Crippen molar-refractivity contribution < 1.29 is 14.7 Å². The first-order valence-corrected chi connectivity index (χ1v) is 6.32. The highest BCUT2D eigenvalue weighted by Crippen LogP contribution is 2.12. The van der Waals surface area contributed by atoms with Gasteiger partial charge in [-0.3, -0.25) is 0 Å². The molecule has 1 aromatic rings. The summed E-state index contributed by atoms with van der Waals surface area (Å²) in [5.41, 5.74) is 7.31. The van der Waals surface area contributed by atoms with Crippen molar-refractivity contribution in [1.29, 1.82) is 0 Å². The highest BCUT2D eigenvalue weighted by Gasteiger charge is 2.27. The van der Waals surface area contributed by atoms with Crippen LogP contribution >= 0.6 is 0 Å². The van der Waals surface area contributed by atoms with Gasteiger partial charge in [0.15, 0.2) is 5.84 Å². The first-order chi connectivity index (χ1) is 9.60. The van der Waals surface area contributed by atoms with Gasteiger partial charge in [-0.2, -0.15) is 0 Å². The lowest BCUT2D eigenvalue weighted by atomic mass is 10.2. The Hall–Kier alpha value is -2.28. The van der Waals surface area contributed by atoms with Gasteiger partial charge in [-0.15, -0.1) is 0 Å². The fourth-order valence-electron chi connectivity index (χ4n) is 2.00. The van der Waals surface area contributed by atoms with Gasteiger partial charge >= 0.3 is 6.03 Å². The number of amides is 2. The molecule has 0 bridgehead atoms. The molecule has 7 heteroatoms. The van der Waals surface area contributed by atoms with E-state index in [4.69, 9.17) is 15.7 Å². The maximum Gasteiger partial charge on any atom is 0.322 e. The molecule has 1 atom stereocenters. The van der Waals surface area contributed by atoms with E-state index in [1.165, 1.54) is 0 Å². The molecule has 1 saturated heterocycles. The van der Waals surface area contributed by atoms with Crippen molar-refractivity contribution in [3.05, 3.63) is 29.8 Å². The van der Waals surface area contributed by atoms with Crippen molar-refractivity contribution in [2.24, 2.45) is 10.9 Å². The molecule has 1 unspecified atom stereocenters. The Labute approximate surface area is 117 Å². The Morgan fingerprint density at radius 1 is 1.60 bits per heavy atom. The van der Waals surface area contributed by atoms with Crippen LogP contribution in [-0.4, -0.2) is 47.8 Å². The molecule has 0 radical (unpaired) electrons. The quantitative estimate of drug-likeness (QED) is 0.325. The largest absolute Gasteiger partial charge is 0.409 e. The van der Waals surface area contributed by atoms with E-state index in [9.17, 15) is 4.79 Å². The third kappa shape index (κ3) is 3.39. The van der Waals surface area contributed by atoms with Crippen molar-refractivity contribution in [2.45, 2.75) is 13.0 Å². The number of ether oxygens (including phenoxy) is 1. The second-order valence-electron chi connectivity index (χ2n) is 4.63. The molecule has 1 aromatic carbocycles. The summed E-state index contributed by atoms with van der Waals surface area (Å²) in [5.74, 6) is -0.0296. The van der Waals surface area contributed by atoms with Crippen molar-refractivity contribution >= 4 is 17.6 Å². The standard InChI is InChI=1S/C13H18N4O3/c1-9-3-2-4-10(7-9)15-13(18)17-5-6-20-11(8-17)12(14)16-19/h2-4,7,11,19H,5-6,8H2,1H3,(H2,14,16)(H,15,18). The Kier molecular flexibility index (Phi) is 4.41. The van der Waals surface area contributed by atoms with Gasteiger partial charge in [0.25, 0.3) is 0 Å². The third-order valence-electron chi connectivity index (χ3n) is 3.07. The van der Waals surface area contributed by atoms with Crippen LogP contribution in [0.25, 0.3) is 0 Å². The fraction of sp³-hybridized carbons (Fsp3) is 0.385. The second-order valence-corrected chi connectivity index (χ2v) is 4.63. The minimum Gasteiger partial charge on any atom is -0.409 e. The number of nitrogens with one attached hydrogen (secondary N) is 1. The zero-order valence-electron chi connectivity index (χ0n) is 11.2. The topological polar surface area (TPSA) is 100 Å². The lowest BCUT2D eigenvalue weighted by molar-refractivity contribution is 0.0223. The summed E-state index contributed by atoms with van der Waals surface area (Å²) in [6.45, 7) is 3.03. The molecule has 1 aliphatic rings. The fourth-order valence-corrected chi connectivity index (χ4v) is 2.00. The Balaban J connectivity index is 1.98. The molecule has 0 spiro atoms. The SMILES string of the molecule is Cc1cccc(NC(=O)N2CCOC(C(N)=NO)C2)c1. The van der Waals surface area contributed by atoms with Crippen molar-refractivity contribution in [3.8, 4) is 0 Å². The van der Waals surface area contributed by atoms with Gasteiger partial charge in [-0.25, -0.2) is 4.79 Å². The number of nitrogens with two attached hydrogens (primary N) is 1. The number of morpholine rings is 1. The van der Waals surface area contributed by atoms with E-state index in [1.54, 1.807) is 4.90 Å². The molecule has 0 aromatic heterocycles. The summed E-state index contributed by atoms with van der Waals surface area (Å²) in [6.07, 6.45) is -0.572. The second kappa shape index (κ2) is 6.25. The van der Waals surface area contributed by atoms with E-state index in [-0.39, 0.29) is 18.4 Å². The summed E-state index contributed by atoms with van der Waals surface area (Å²) >= 11 is 0. The monoisotopic (exact) mass is 278 g/mol. The average Bonchev–Trinajstić information content (AvgIpc) is 2.46. The number of rotatable bonds is 2. The maximum absolute atomic E-state index is 12.2. The number of carbonyl (C=O) groups excluding carboxylic acids is 1. The molecule has 7 nitrogen and oxygen atoms in total. The Bertz CT molecular complexity index is 518. The molecule has 20 heavy (non-hydrogen) atoms. The summed E-state index contributed by atoms with van der Waals surface area (Å²) in [4.78, 5) is 13.7. The summed E-state index contributed by atoms with van der Waals surface area (Å²) < 4.78 is 5.34. The molecular weight excluding hydrogens is 260 g/mol. The van der Waals surface area contributed by atoms with Gasteiger partial charge < -0.3 is 25.9 Å². The van der Waals surface area contributed by atoms with Crippen LogP contribution < -0.4 is 11.1 Å². The van der Waals surface area contributed by atoms with Crippen LogP contribution in [0.15, 0.2) is 29.4 Å². The van der Waals surface area contributed by atoms with Crippen LogP contribution in [-0.2, 0) is 4.74 Å². The number of urea groups is 1. The zero-order valence-corrected chi connectivity index (χ0v) is 11.2. The maximum atomic E-state index is 12.2. The molecule has 4 N–H and O–H groups in total. The van der Waals surface area contributed by atoms with Gasteiger partial charge in [-0.05, 0) is 24.6 Å². The molecule has 1 fully saturated rings. The van der Waals surface area contributed by atoms with Crippen LogP contribution in [0.2, 0.25) is 0 Å². The molecule has 108 valence electrons. The number of amidine groups is 1. The summed E-state index contributed by atoms with van der Waals surface area (Å²) in [5, 5.41) is 14.4. The summed E-state index contributed by atoms with van der Waals surface area (Å²) in [7, 11) is 0. The van der Waals surface area contributed by atoms with Gasteiger partial charge in [0.2, 0.25) is 0 Å². The minimum absolute atomic E-state index is 0.0296. The van der Waals surface area contributed by atoms with Crippen molar-refractivity contribution in [2.75, 3.05) is 25.0 Å². The number of benzene rings is 1. The van der Waals surface area contributed by atoms with Crippen LogP contribution in [0.1, 0.15) is 5.56 Å². The molecule has 2 amide bonds. The van der Waals surface area contributed by atoms with E-state index in [0.29, 0.717) is 13.2 Å². The smallest absolute Gasteiger partial charge is 0.322 e. The van der Waals surface area contributed by atoms with Crippen molar-refractivity contribution in [1.82, 2.24) is 4.90 Å². The van der Waals surface area contributed by atoms with E-state index < -0.39 is 6.10 Å².